The quantitative estimate of drug-likeness (QED) is 0.800. The molecule has 2 aromatic carbocycles. The molecule has 6 nitrogen and oxygen atoms in total. The smallest absolute Gasteiger partial charge is 0.319 e. The number of carbonyl (C=O) groups excluding carboxylic acids is 2. The molecule has 1 fully saturated rings. The van der Waals surface area contributed by atoms with Crippen molar-refractivity contribution in [3.8, 4) is 11.5 Å². The van der Waals surface area contributed by atoms with Gasteiger partial charge in [0.1, 0.15) is 11.5 Å². The van der Waals surface area contributed by atoms with Gasteiger partial charge in [0.15, 0.2) is 0 Å². The van der Waals surface area contributed by atoms with E-state index in [1.807, 2.05) is 31.2 Å². The number of benzene rings is 2. The lowest BCUT2D eigenvalue weighted by Crippen LogP contribution is -2.48. The third kappa shape index (κ3) is 4.97. The summed E-state index contributed by atoms with van der Waals surface area (Å²) in [6.45, 7) is 2.48. The van der Waals surface area contributed by atoms with E-state index in [0.29, 0.717) is 30.8 Å². The van der Waals surface area contributed by atoms with E-state index >= 15 is 0 Å². The number of hydrogen-bond acceptors (Lipinski definition) is 3. The molecule has 1 heterocycles. The fraction of sp³-hybridized carbons (Fsp3) is 0.263. The number of aryl methyl sites for hydroxylation is 1. The molecule has 0 spiro atoms. The maximum atomic E-state index is 12.0. The third-order valence-corrected chi connectivity index (χ3v) is 3.94. The first-order valence-electron chi connectivity index (χ1n) is 8.27. The Kier molecular flexibility index (Phi) is 5.18. The summed E-state index contributed by atoms with van der Waals surface area (Å²) in [4.78, 5) is 23.1. The van der Waals surface area contributed by atoms with Crippen LogP contribution < -0.4 is 20.7 Å². The fourth-order valence-corrected chi connectivity index (χ4v) is 2.63. The van der Waals surface area contributed by atoms with Gasteiger partial charge in [-0.05, 0) is 55.3 Å². The van der Waals surface area contributed by atoms with E-state index in [0.717, 1.165) is 11.3 Å². The van der Waals surface area contributed by atoms with E-state index < -0.39 is 0 Å². The number of rotatable bonds is 4. The zero-order valence-electron chi connectivity index (χ0n) is 14.0. The fourth-order valence-electron chi connectivity index (χ4n) is 2.63. The van der Waals surface area contributed by atoms with Gasteiger partial charge in [-0.15, -0.1) is 0 Å². The molecule has 3 N–H and O–H groups in total. The Morgan fingerprint density at radius 1 is 1.16 bits per heavy atom. The minimum atomic E-state index is -0.284. The number of anilines is 1. The van der Waals surface area contributed by atoms with Crippen LogP contribution >= 0.6 is 0 Å². The number of amides is 3. The summed E-state index contributed by atoms with van der Waals surface area (Å²) in [5.74, 6) is 1.51. The number of ether oxygens (including phenoxy) is 1. The largest absolute Gasteiger partial charge is 0.457 e. The van der Waals surface area contributed by atoms with Gasteiger partial charge in [0.2, 0.25) is 5.91 Å². The predicted molar refractivity (Wildman–Crippen MR) is 95.9 cm³/mol. The molecule has 0 aromatic heterocycles. The van der Waals surface area contributed by atoms with Gasteiger partial charge in [-0.2, -0.15) is 0 Å². The van der Waals surface area contributed by atoms with Crippen LogP contribution in [0.15, 0.2) is 48.5 Å². The molecule has 1 aliphatic rings. The highest BCUT2D eigenvalue weighted by Gasteiger charge is 2.19. The summed E-state index contributed by atoms with van der Waals surface area (Å²) in [5.41, 5.74) is 1.81. The lowest BCUT2D eigenvalue weighted by Gasteiger charge is -2.23. The van der Waals surface area contributed by atoms with Crippen molar-refractivity contribution in [3.63, 3.8) is 0 Å². The lowest BCUT2D eigenvalue weighted by atomic mass is 10.1. The Labute approximate surface area is 146 Å². The van der Waals surface area contributed by atoms with Crippen molar-refractivity contribution >= 4 is 17.6 Å². The van der Waals surface area contributed by atoms with E-state index in [9.17, 15) is 9.59 Å². The molecule has 0 bridgehead atoms. The molecule has 130 valence electrons. The summed E-state index contributed by atoms with van der Waals surface area (Å²) in [6, 6.07) is 14.7. The molecule has 3 rings (SSSR count). The number of hydrogen-bond donors (Lipinski definition) is 3. The summed E-state index contributed by atoms with van der Waals surface area (Å²) in [6.07, 6.45) is 1.10. The van der Waals surface area contributed by atoms with E-state index in [-0.39, 0.29) is 18.0 Å². The molecule has 2 aromatic rings. The van der Waals surface area contributed by atoms with Gasteiger partial charge >= 0.3 is 6.03 Å². The van der Waals surface area contributed by atoms with Crippen molar-refractivity contribution in [1.29, 1.82) is 0 Å². The number of piperidine rings is 1. The number of urea groups is 1. The lowest BCUT2D eigenvalue weighted by molar-refractivity contribution is -0.122. The van der Waals surface area contributed by atoms with Gasteiger partial charge in [-0.1, -0.05) is 12.1 Å². The highest BCUT2D eigenvalue weighted by molar-refractivity contribution is 5.89. The molecule has 25 heavy (non-hydrogen) atoms. The van der Waals surface area contributed by atoms with Crippen molar-refractivity contribution in [3.05, 3.63) is 54.1 Å². The standard InChI is InChI=1S/C19H21N3O3/c1-13-3-2-4-17(11-13)25-16-8-5-14(6-9-16)21-19(24)22-15-7-10-18(23)20-12-15/h2-6,8-9,11,15H,7,10,12H2,1H3,(H,20,23)(H2,21,22,24)/t15-/m1/s1. The average molecular weight is 339 g/mol. The first kappa shape index (κ1) is 16.8. The van der Waals surface area contributed by atoms with Crippen LogP contribution in [0.2, 0.25) is 0 Å². The molecule has 0 radical (unpaired) electrons. The zero-order chi connectivity index (χ0) is 17.6. The van der Waals surface area contributed by atoms with Crippen LogP contribution in [0.3, 0.4) is 0 Å². The van der Waals surface area contributed by atoms with E-state index in [1.54, 1.807) is 24.3 Å². The van der Waals surface area contributed by atoms with Crippen LogP contribution in [0.1, 0.15) is 18.4 Å². The summed E-state index contributed by atoms with van der Waals surface area (Å²) in [5, 5.41) is 8.37. The van der Waals surface area contributed by atoms with Gasteiger partial charge in [0.05, 0.1) is 0 Å². The van der Waals surface area contributed by atoms with Gasteiger partial charge in [-0.3, -0.25) is 4.79 Å². The average Bonchev–Trinajstić information content (AvgIpc) is 2.59. The topological polar surface area (TPSA) is 79.5 Å². The Balaban J connectivity index is 1.51. The van der Waals surface area contributed by atoms with Gasteiger partial charge < -0.3 is 20.7 Å². The van der Waals surface area contributed by atoms with Crippen LogP contribution in [0, 0.1) is 6.92 Å². The highest BCUT2D eigenvalue weighted by atomic mass is 16.5. The summed E-state index contributed by atoms with van der Waals surface area (Å²) >= 11 is 0. The highest BCUT2D eigenvalue weighted by Crippen LogP contribution is 2.23. The SMILES string of the molecule is Cc1cccc(Oc2ccc(NC(=O)N[C@@H]3CCC(=O)NC3)cc2)c1. The van der Waals surface area contributed by atoms with Gasteiger partial charge in [0.25, 0.3) is 0 Å². The Morgan fingerprint density at radius 2 is 1.96 bits per heavy atom. The maximum Gasteiger partial charge on any atom is 0.319 e. The van der Waals surface area contributed by atoms with Crippen molar-refractivity contribution in [2.24, 2.45) is 0 Å². The van der Waals surface area contributed by atoms with E-state index in [4.69, 9.17) is 4.74 Å². The second-order valence-corrected chi connectivity index (χ2v) is 6.08. The molecule has 3 amide bonds. The number of nitrogens with one attached hydrogen (secondary N) is 3. The molecule has 1 aliphatic heterocycles. The maximum absolute atomic E-state index is 12.0. The summed E-state index contributed by atoms with van der Waals surface area (Å²) < 4.78 is 5.78. The third-order valence-electron chi connectivity index (χ3n) is 3.94. The Morgan fingerprint density at radius 3 is 2.64 bits per heavy atom. The second-order valence-electron chi connectivity index (χ2n) is 6.08. The minimum Gasteiger partial charge on any atom is -0.457 e. The molecule has 0 aliphatic carbocycles. The van der Waals surface area contributed by atoms with Crippen LogP contribution in [-0.4, -0.2) is 24.5 Å². The Hall–Kier alpha value is -3.02. The van der Waals surface area contributed by atoms with Crippen LogP contribution in [-0.2, 0) is 4.79 Å². The first-order valence-corrected chi connectivity index (χ1v) is 8.27. The normalized spacial score (nSPS) is 16.7. The van der Waals surface area contributed by atoms with Crippen molar-refractivity contribution in [2.45, 2.75) is 25.8 Å². The molecule has 1 saturated heterocycles. The monoisotopic (exact) mass is 339 g/mol. The summed E-state index contributed by atoms with van der Waals surface area (Å²) in [7, 11) is 0. The molecule has 6 heteroatoms. The van der Waals surface area contributed by atoms with Gasteiger partial charge in [0, 0.05) is 24.7 Å². The van der Waals surface area contributed by atoms with E-state index in [1.165, 1.54) is 0 Å². The van der Waals surface area contributed by atoms with Crippen molar-refractivity contribution in [1.82, 2.24) is 10.6 Å². The van der Waals surface area contributed by atoms with Crippen LogP contribution in [0.5, 0.6) is 11.5 Å². The predicted octanol–water partition coefficient (Wildman–Crippen LogP) is 3.19. The van der Waals surface area contributed by atoms with Crippen LogP contribution in [0.4, 0.5) is 10.5 Å². The zero-order valence-corrected chi connectivity index (χ0v) is 14.0. The molecular formula is C19H21N3O3. The molecule has 0 saturated carbocycles. The number of carbonyl (C=O) groups is 2. The van der Waals surface area contributed by atoms with Gasteiger partial charge in [-0.25, -0.2) is 4.79 Å². The van der Waals surface area contributed by atoms with Crippen LogP contribution in [0.25, 0.3) is 0 Å². The molecule has 0 unspecified atom stereocenters. The second kappa shape index (κ2) is 7.70. The van der Waals surface area contributed by atoms with E-state index in [2.05, 4.69) is 16.0 Å². The minimum absolute atomic E-state index is 0.0302. The van der Waals surface area contributed by atoms with Crippen molar-refractivity contribution < 1.29 is 14.3 Å². The Bertz CT molecular complexity index is 749. The molecule has 1 atom stereocenters. The first-order chi connectivity index (χ1) is 12.1. The molecular weight excluding hydrogens is 318 g/mol. The van der Waals surface area contributed by atoms with Crippen molar-refractivity contribution in [2.75, 3.05) is 11.9 Å².